The Morgan fingerprint density at radius 1 is 0.976 bits per heavy atom. The number of carbonyl (C=O) groups is 2. The van der Waals surface area contributed by atoms with Gasteiger partial charge in [0.25, 0.3) is 10.0 Å². The number of rotatable bonds is 13. The van der Waals surface area contributed by atoms with Crippen LogP contribution in [0.5, 0.6) is 11.5 Å². The molecule has 42 heavy (non-hydrogen) atoms. The predicted molar refractivity (Wildman–Crippen MR) is 165 cm³/mol. The van der Waals surface area contributed by atoms with Crippen LogP contribution in [0.2, 0.25) is 5.02 Å². The maximum Gasteiger partial charge on any atom is 0.264 e. The molecule has 0 spiro atoms. The van der Waals surface area contributed by atoms with Gasteiger partial charge >= 0.3 is 0 Å². The van der Waals surface area contributed by atoms with Crippen molar-refractivity contribution in [1.29, 1.82) is 0 Å². The standard InChI is InChI=1S/C31H38ClN3O6S/c1-7-22(3)33-31(37)23(4)34(19-24-9-8-10-25(32)17-24)30(36)20-35(28-18-26(40-5)13-16-29(28)41-6)42(38,39)27-14-11-21(2)12-15-27/h8-18,22-23H,7,19-20H2,1-6H3,(H,33,37)/t22-,23-/m1/s1. The molecule has 2 amide bonds. The third-order valence-electron chi connectivity index (χ3n) is 6.95. The summed E-state index contributed by atoms with van der Waals surface area (Å²) < 4.78 is 40.1. The first-order valence-corrected chi connectivity index (χ1v) is 15.4. The molecule has 0 unspecified atom stereocenters. The second-order valence-corrected chi connectivity index (χ2v) is 12.3. The average Bonchev–Trinajstić information content (AvgIpc) is 2.97. The molecule has 226 valence electrons. The third-order valence-corrected chi connectivity index (χ3v) is 8.96. The number of methoxy groups -OCH3 is 2. The molecule has 0 fully saturated rings. The number of sulfonamides is 1. The maximum absolute atomic E-state index is 14.1. The van der Waals surface area contributed by atoms with E-state index in [2.05, 4.69) is 5.32 Å². The molecular weight excluding hydrogens is 578 g/mol. The first-order chi connectivity index (χ1) is 19.9. The van der Waals surface area contributed by atoms with E-state index >= 15 is 0 Å². The van der Waals surface area contributed by atoms with E-state index in [4.69, 9.17) is 21.1 Å². The number of nitrogens with zero attached hydrogens (tertiary/aromatic N) is 2. The molecule has 0 aliphatic carbocycles. The Balaban J connectivity index is 2.12. The van der Waals surface area contributed by atoms with Crippen LogP contribution < -0.4 is 19.1 Å². The lowest BCUT2D eigenvalue weighted by molar-refractivity contribution is -0.139. The van der Waals surface area contributed by atoms with E-state index in [1.165, 1.54) is 37.3 Å². The number of halogens is 1. The Kier molecular flexibility index (Phi) is 11.2. The topological polar surface area (TPSA) is 105 Å². The molecule has 0 aromatic heterocycles. The Morgan fingerprint density at radius 2 is 1.67 bits per heavy atom. The van der Waals surface area contributed by atoms with Crippen molar-refractivity contribution in [2.45, 2.75) is 57.6 Å². The summed E-state index contributed by atoms with van der Waals surface area (Å²) in [6, 6.07) is 17.0. The number of amides is 2. The van der Waals surface area contributed by atoms with Crippen molar-refractivity contribution >= 4 is 39.1 Å². The Morgan fingerprint density at radius 3 is 2.26 bits per heavy atom. The summed E-state index contributed by atoms with van der Waals surface area (Å²) in [6.07, 6.45) is 0.707. The molecule has 3 aromatic rings. The fourth-order valence-corrected chi connectivity index (χ4v) is 5.85. The average molecular weight is 616 g/mol. The molecule has 0 aliphatic heterocycles. The molecule has 0 aliphatic rings. The molecule has 3 aromatic carbocycles. The van der Waals surface area contributed by atoms with E-state index in [1.54, 1.807) is 55.5 Å². The first-order valence-electron chi connectivity index (χ1n) is 13.6. The lowest BCUT2D eigenvalue weighted by Crippen LogP contribution is -2.52. The summed E-state index contributed by atoms with van der Waals surface area (Å²) in [6.45, 7) is 6.70. The van der Waals surface area contributed by atoms with Crippen LogP contribution in [0.3, 0.4) is 0 Å². The van der Waals surface area contributed by atoms with Gasteiger partial charge in [0.05, 0.1) is 24.8 Å². The number of hydrogen-bond acceptors (Lipinski definition) is 6. The second kappa shape index (κ2) is 14.4. The smallest absolute Gasteiger partial charge is 0.264 e. The fourth-order valence-electron chi connectivity index (χ4n) is 4.22. The van der Waals surface area contributed by atoms with Crippen molar-refractivity contribution in [3.63, 3.8) is 0 Å². The third kappa shape index (κ3) is 7.95. The van der Waals surface area contributed by atoms with E-state index in [0.29, 0.717) is 22.8 Å². The highest BCUT2D eigenvalue weighted by Crippen LogP contribution is 2.36. The van der Waals surface area contributed by atoms with Crippen molar-refractivity contribution in [2.24, 2.45) is 0 Å². The van der Waals surface area contributed by atoms with Gasteiger partial charge in [0, 0.05) is 23.7 Å². The minimum Gasteiger partial charge on any atom is -0.497 e. The molecular formula is C31H38ClN3O6S. The van der Waals surface area contributed by atoms with Crippen LogP contribution in [0.15, 0.2) is 71.6 Å². The van der Waals surface area contributed by atoms with Crippen molar-refractivity contribution in [3.05, 3.63) is 82.9 Å². The van der Waals surface area contributed by atoms with E-state index < -0.39 is 28.5 Å². The summed E-state index contributed by atoms with van der Waals surface area (Å²) in [4.78, 5) is 28.7. The molecule has 0 saturated carbocycles. The minimum atomic E-state index is -4.28. The van der Waals surface area contributed by atoms with Gasteiger partial charge in [-0.2, -0.15) is 0 Å². The molecule has 1 N–H and O–H groups in total. The highest BCUT2D eigenvalue weighted by molar-refractivity contribution is 7.92. The number of hydrogen-bond donors (Lipinski definition) is 1. The molecule has 0 radical (unpaired) electrons. The molecule has 0 heterocycles. The molecule has 3 rings (SSSR count). The van der Waals surface area contributed by atoms with Crippen molar-refractivity contribution in [3.8, 4) is 11.5 Å². The van der Waals surface area contributed by atoms with Gasteiger partial charge in [-0.05, 0) is 69.2 Å². The lowest BCUT2D eigenvalue weighted by Gasteiger charge is -2.33. The fraction of sp³-hybridized carbons (Fsp3) is 0.355. The molecule has 2 atom stereocenters. The molecule has 9 nitrogen and oxygen atoms in total. The van der Waals surface area contributed by atoms with Gasteiger partial charge < -0.3 is 19.7 Å². The van der Waals surface area contributed by atoms with E-state index in [9.17, 15) is 18.0 Å². The van der Waals surface area contributed by atoms with Crippen LogP contribution in [-0.4, -0.2) is 58.0 Å². The first kappa shape index (κ1) is 32.8. The highest BCUT2D eigenvalue weighted by Gasteiger charge is 2.34. The maximum atomic E-state index is 14.1. The van der Waals surface area contributed by atoms with Crippen LogP contribution in [-0.2, 0) is 26.2 Å². The Labute approximate surface area is 253 Å². The molecule has 0 saturated heterocycles. The van der Waals surface area contributed by atoms with Gasteiger partial charge in [-0.3, -0.25) is 13.9 Å². The van der Waals surface area contributed by atoms with Crippen LogP contribution in [0.25, 0.3) is 0 Å². The highest BCUT2D eigenvalue weighted by atomic mass is 35.5. The van der Waals surface area contributed by atoms with Crippen LogP contribution in [0.1, 0.15) is 38.3 Å². The number of carbonyl (C=O) groups excluding carboxylic acids is 2. The summed E-state index contributed by atoms with van der Waals surface area (Å²) in [5.74, 6) is -0.350. The Bertz CT molecular complexity index is 1500. The lowest BCUT2D eigenvalue weighted by atomic mass is 10.1. The summed E-state index contributed by atoms with van der Waals surface area (Å²) in [5, 5.41) is 3.39. The number of nitrogens with one attached hydrogen (secondary N) is 1. The second-order valence-electron chi connectivity index (χ2n) is 10.0. The van der Waals surface area contributed by atoms with E-state index in [-0.39, 0.29) is 34.8 Å². The summed E-state index contributed by atoms with van der Waals surface area (Å²) >= 11 is 6.21. The quantitative estimate of drug-likeness (QED) is 0.284. The minimum absolute atomic E-state index is 0.00488. The van der Waals surface area contributed by atoms with Gasteiger partial charge in [0.15, 0.2) is 0 Å². The van der Waals surface area contributed by atoms with Crippen LogP contribution >= 0.6 is 11.6 Å². The van der Waals surface area contributed by atoms with E-state index in [1.807, 2.05) is 20.8 Å². The molecule has 0 bridgehead atoms. The predicted octanol–water partition coefficient (Wildman–Crippen LogP) is 5.19. The summed E-state index contributed by atoms with van der Waals surface area (Å²) in [5.41, 5.74) is 1.68. The zero-order valence-electron chi connectivity index (χ0n) is 24.8. The molecule has 11 heteroatoms. The van der Waals surface area contributed by atoms with Crippen LogP contribution in [0, 0.1) is 6.92 Å². The van der Waals surface area contributed by atoms with Crippen LogP contribution in [0.4, 0.5) is 5.69 Å². The Hall–Kier alpha value is -3.76. The van der Waals surface area contributed by atoms with Gasteiger partial charge in [0.1, 0.15) is 24.1 Å². The van der Waals surface area contributed by atoms with Crippen molar-refractivity contribution < 1.29 is 27.5 Å². The zero-order valence-corrected chi connectivity index (χ0v) is 26.3. The van der Waals surface area contributed by atoms with Crippen molar-refractivity contribution in [1.82, 2.24) is 10.2 Å². The largest absolute Gasteiger partial charge is 0.497 e. The number of anilines is 1. The van der Waals surface area contributed by atoms with Gasteiger partial charge in [-0.25, -0.2) is 8.42 Å². The number of aryl methyl sites for hydroxylation is 1. The SMILES string of the molecule is CC[C@@H](C)NC(=O)[C@@H](C)N(Cc1cccc(Cl)c1)C(=O)CN(c1cc(OC)ccc1OC)S(=O)(=O)c1ccc(C)cc1. The zero-order chi connectivity index (χ0) is 31.0. The number of benzene rings is 3. The van der Waals surface area contributed by atoms with Gasteiger partial charge in [-0.1, -0.05) is 48.4 Å². The van der Waals surface area contributed by atoms with Crippen molar-refractivity contribution in [2.75, 3.05) is 25.1 Å². The number of ether oxygens (including phenoxy) is 2. The normalized spacial score (nSPS) is 12.6. The van der Waals surface area contributed by atoms with E-state index in [0.717, 1.165) is 9.87 Å². The monoisotopic (exact) mass is 615 g/mol. The van der Waals surface area contributed by atoms with Gasteiger partial charge in [-0.15, -0.1) is 0 Å². The van der Waals surface area contributed by atoms with Gasteiger partial charge in [0.2, 0.25) is 11.8 Å². The summed E-state index contributed by atoms with van der Waals surface area (Å²) in [7, 11) is -1.41.